The molecule has 0 saturated carbocycles. The van der Waals surface area contributed by atoms with Gasteiger partial charge in [0.25, 0.3) is 5.91 Å². The highest BCUT2D eigenvalue weighted by atomic mass is 16.6. The molecule has 0 radical (unpaired) electrons. The maximum atomic E-state index is 12.7. The van der Waals surface area contributed by atoms with Crippen molar-refractivity contribution in [2.75, 3.05) is 11.4 Å². The van der Waals surface area contributed by atoms with Crippen molar-refractivity contribution in [1.82, 2.24) is 0 Å². The van der Waals surface area contributed by atoms with E-state index in [1.54, 1.807) is 61.5 Å². The predicted octanol–water partition coefficient (Wildman–Crippen LogP) is 2.63. The second-order valence-electron chi connectivity index (χ2n) is 5.12. The Bertz CT molecular complexity index is 811. The predicted molar refractivity (Wildman–Crippen MR) is 83.6 cm³/mol. The number of esters is 1. The summed E-state index contributed by atoms with van der Waals surface area (Å²) in [6.45, 7) is 2.20. The Labute approximate surface area is 133 Å². The quantitative estimate of drug-likeness (QED) is 0.817. The number of carbonyl (C=O) groups is 2. The molecular weight excluding hydrogens is 292 g/mol. The topological polar surface area (TPSA) is 70.4 Å². The lowest BCUT2D eigenvalue weighted by Gasteiger charge is -2.21. The number of nitrogens with zero attached hydrogens (tertiary/aromatic N) is 2. The highest BCUT2D eigenvalue weighted by Crippen LogP contribution is 2.42. The second kappa shape index (κ2) is 5.58. The van der Waals surface area contributed by atoms with Crippen LogP contribution >= 0.6 is 0 Å². The third kappa shape index (κ3) is 2.16. The van der Waals surface area contributed by atoms with Gasteiger partial charge in [0.05, 0.1) is 11.3 Å². The zero-order valence-electron chi connectivity index (χ0n) is 12.5. The number of amides is 1. The first-order chi connectivity index (χ1) is 11.1. The lowest BCUT2D eigenvalue weighted by atomic mass is 9.96. The summed E-state index contributed by atoms with van der Waals surface area (Å²) in [5.74, 6) is -1.23. The normalized spacial score (nSPS) is 19.1. The molecular formula is C18H14N2O3. The largest absolute Gasteiger partial charge is 0.426 e. The molecule has 114 valence electrons. The van der Waals surface area contributed by atoms with Gasteiger partial charge in [-0.15, -0.1) is 0 Å². The molecule has 0 bridgehead atoms. The fourth-order valence-corrected chi connectivity index (χ4v) is 2.74. The van der Waals surface area contributed by atoms with E-state index >= 15 is 0 Å². The molecule has 1 heterocycles. The first-order valence-corrected chi connectivity index (χ1v) is 7.25. The van der Waals surface area contributed by atoms with Crippen molar-refractivity contribution in [3.63, 3.8) is 0 Å². The third-order valence-corrected chi connectivity index (χ3v) is 3.85. The van der Waals surface area contributed by atoms with E-state index in [4.69, 9.17) is 4.74 Å². The third-order valence-electron chi connectivity index (χ3n) is 3.85. The Morgan fingerprint density at radius 2 is 1.83 bits per heavy atom. The van der Waals surface area contributed by atoms with E-state index < -0.39 is 17.5 Å². The van der Waals surface area contributed by atoms with Crippen LogP contribution in [0.1, 0.15) is 22.8 Å². The molecule has 1 amide bonds. The zero-order chi connectivity index (χ0) is 16.4. The Morgan fingerprint density at radius 1 is 1.17 bits per heavy atom. The van der Waals surface area contributed by atoms with Gasteiger partial charge in [0.2, 0.25) is 0 Å². The summed E-state index contributed by atoms with van der Waals surface area (Å²) in [5.41, 5.74) is -0.636. The number of ether oxygens (including phenoxy) is 1. The number of hydrogen-bond acceptors (Lipinski definition) is 4. The summed E-state index contributed by atoms with van der Waals surface area (Å²) in [6, 6.07) is 17.1. The summed E-state index contributed by atoms with van der Waals surface area (Å²) in [5, 5.41) is 9.67. The standard InChI is InChI=1S/C18H14N2O3/c1-2-20-15-11-7-6-10-14(15)18(12-19,17(20)22)23-16(21)13-8-4-3-5-9-13/h3-11H,2H2,1H3. The molecule has 0 N–H and O–H groups in total. The minimum atomic E-state index is -1.93. The number of nitriles is 1. The summed E-state index contributed by atoms with van der Waals surface area (Å²) < 4.78 is 5.41. The molecule has 5 heteroatoms. The summed E-state index contributed by atoms with van der Waals surface area (Å²) in [7, 11) is 0. The van der Waals surface area contributed by atoms with Gasteiger partial charge in [-0.3, -0.25) is 4.79 Å². The van der Waals surface area contributed by atoms with Gasteiger partial charge < -0.3 is 9.64 Å². The second-order valence-corrected chi connectivity index (χ2v) is 5.12. The molecule has 1 aliphatic rings. The van der Waals surface area contributed by atoms with E-state index in [9.17, 15) is 14.9 Å². The number of carbonyl (C=O) groups excluding carboxylic acids is 2. The zero-order valence-corrected chi connectivity index (χ0v) is 12.5. The molecule has 5 nitrogen and oxygen atoms in total. The van der Waals surface area contributed by atoms with Gasteiger partial charge in [-0.2, -0.15) is 5.26 Å². The van der Waals surface area contributed by atoms with Gasteiger partial charge in [0.1, 0.15) is 6.07 Å². The van der Waals surface area contributed by atoms with Crippen molar-refractivity contribution in [1.29, 1.82) is 5.26 Å². The monoisotopic (exact) mass is 306 g/mol. The summed E-state index contributed by atoms with van der Waals surface area (Å²) in [6.07, 6.45) is 0. The van der Waals surface area contributed by atoms with Crippen LogP contribution in [-0.4, -0.2) is 18.4 Å². The summed E-state index contributed by atoms with van der Waals surface area (Å²) >= 11 is 0. The van der Waals surface area contributed by atoms with Crippen molar-refractivity contribution in [2.24, 2.45) is 0 Å². The van der Waals surface area contributed by atoms with Crippen LogP contribution < -0.4 is 4.90 Å². The molecule has 23 heavy (non-hydrogen) atoms. The number of para-hydroxylation sites is 1. The maximum absolute atomic E-state index is 12.7. The van der Waals surface area contributed by atoms with E-state index in [2.05, 4.69) is 0 Å². The molecule has 1 atom stereocenters. The molecule has 1 aliphatic heterocycles. The molecule has 2 aromatic carbocycles. The highest BCUT2D eigenvalue weighted by molar-refractivity contribution is 6.10. The lowest BCUT2D eigenvalue weighted by molar-refractivity contribution is -0.131. The number of hydrogen-bond donors (Lipinski definition) is 0. The number of rotatable bonds is 3. The average molecular weight is 306 g/mol. The number of anilines is 1. The fourth-order valence-electron chi connectivity index (χ4n) is 2.74. The maximum Gasteiger partial charge on any atom is 0.340 e. The van der Waals surface area contributed by atoms with Crippen molar-refractivity contribution < 1.29 is 14.3 Å². The van der Waals surface area contributed by atoms with E-state index in [1.165, 1.54) is 4.90 Å². The van der Waals surface area contributed by atoms with Crippen molar-refractivity contribution in [3.8, 4) is 6.07 Å². The van der Waals surface area contributed by atoms with E-state index in [1.807, 2.05) is 6.07 Å². The number of fused-ring (bicyclic) bond motifs is 1. The van der Waals surface area contributed by atoms with E-state index in [0.29, 0.717) is 23.4 Å². The molecule has 3 rings (SSSR count). The molecule has 1 unspecified atom stereocenters. The average Bonchev–Trinajstić information content (AvgIpc) is 2.84. The number of likely N-dealkylation sites (N-methyl/N-ethyl adjacent to an activating group) is 1. The molecule has 0 fully saturated rings. The first kappa shape index (κ1) is 14.8. The molecule has 0 spiro atoms. The van der Waals surface area contributed by atoms with Gasteiger partial charge >= 0.3 is 11.6 Å². The number of benzene rings is 2. The van der Waals surface area contributed by atoms with Crippen LogP contribution in [0.4, 0.5) is 5.69 Å². The van der Waals surface area contributed by atoms with Crippen LogP contribution in [0.2, 0.25) is 0 Å². The highest BCUT2D eigenvalue weighted by Gasteiger charge is 2.54. The van der Waals surface area contributed by atoms with E-state index in [-0.39, 0.29) is 0 Å². The molecule has 0 aliphatic carbocycles. The fraction of sp³-hybridized carbons (Fsp3) is 0.167. The minimum absolute atomic E-state index is 0.294. The lowest BCUT2D eigenvalue weighted by Crippen LogP contribution is -2.42. The Hall–Kier alpha value is -3.13. The van der Waals surface area contributed by atoms with Crippen LogP contribution in [0, 0.1) is 11.3 Å². The summed E-state index contributed by atoms with van der Waals surface area (Å²) in [4.78, 5) is 26.6. The molecule has 0 aromatic heterocycles. The Kier molecular flexibility index (Phi) is 3.59. The van der Waals surface area contributed by atoms with Crippen molar-refractivity contribution >= 4 is 17.6 Å². The van der Waals surface area contributed by atoms with Crippen molar-refractivity contribution in [2.45, 2.75) is 12.5 Å². The Morgan fingerprint density at radius 3 is 2.48 bits per heavy atom. The van der Waals surface area contributed by atoms with Crippen LogP contribution in [0.15, 0.2) is 54.6 Å². The van der Waals surface area contributed by atoms with Crippen molar-refractivity contribution in [3.05, 3.63) is 65.7 Å². The van der Waals surface area contributed by atoms with Gasteiger partial charge in [-0.05, 0) is 25.1 Å². The van der Waals surface area contributed by atoms with Gasteiger partial charge in [-0.1, -0.05) is 36.4 Å². The van der Waals surface area contributed by atoms with E-state index in [0.717, 1.165) is 0 Å². The Balaban J connectivity index is 2.06. The van der Waals surface area contributed by atoms with Gasteiger partial charge in [-0.25, -0.2) is 4.79 Å². The smallest absolute Gasteiger partial charge is 0.340 e. The SMILES string of the molecule is CCN1C(=O)C(C#N)(OC(=O)c2ccccc2)c2ccccc21. The van der Waals surface area contributed by atoms with Crippen LogP contribution in [0.3, 0.4) is 0 Å². The molecule has 2 aromatic rings. The van der Waals surface area contributed by atoms with Crippen LogP contribution in [0.5, 0.6) is 0 Å². The van der Waals surface area contributed by atoms with Crippen LogP contribution in [-0.2, 0) is 15.1 Å². The van der Waals surface area contributed by atoms with Crippen LogP contribution in [0.25, 0.3) is 0 Å². The van der Waals surface area contributed by atoms with Gasteiger partial charge in [0.15, 0.2) is 0 Å². The first-order valence-electron chi connectivity index (χ1n) is 7.25. The van der Waals surface area contributed by atoms with Gasteiger partial charge in [0, 0.05) is 12.1 Å². The molecule has 0 saturated heterocycles. The minimum Gasteiger partial charge on any atom is -0.426 e.